The monoisotopic (exact) mass is 463 g/mol. The van der Waals surface area contributed by atoms with Crippen LogP contribution in [0, 0.1) is 5.92 Å². The van der Waals surface area contributed by atoms with Crippen LogP contribution in [0.2, 0.25) is 10.0 Å². The van der Waals surface area contributed by atoms with Crippen LogP contribution in [0.15, 0.2) is 30.5 Å². The molecule has 31 heavy (non-hydrogen) atoms. The number of hydrogen-bond donors (Lipinski definition) is 0. The zero-order valence-corrected chi connectivity index (χ0v) is 18.7. The van der Waals surface area contributed by atoms with Crippen molar-refractivity contribution in [1.29, 1.82) is 0 Å². The molecule has 2 aliphatic heterocycles. The minimum absolute atomic E-state index is 0.0561. The van der Waals surface area contributed by atoms with Crippen LogP contribution in [0.4, 0.5) is 5.82 Å². The van der Waals surface area contributed by atoms with Gasteiger partial charge in [-0.15, -0.1) is 0 Å². The van der Waals surface area contributed by atoms with Crippen molar-refractivity contribution >= 4 is 40.8 Å². The summed E-state index contributed by atoms with van der Waals surface area (Å²) in [4.78, 5) is 33.0. The Kier molecular flexibility index (Phi) is 6.65. The minimum atomic E-state index is -0.291. The van der Waals surface area contributed by atoms with E-state index in [2.05, 4.69) is 4.98 Å². The van der Waals surface area contributed by atoms with Crippen molar-refractivity contribution in [2.24, 2.45) is 5.92 Å². The number of rotatable bonds is 5. The van der Waals surface area contributed by atoms with E-state index in [-0.39, 0.29) is 25.0 Å². The lowest BCUT2D eigenvalue weighted by atomic mass is 9.98. The molecular weight excluding hydrogens is 441 g/mol. The number of pyridine rings is 1. The Bertz CT molecular complexity index is 972. The van der Waals surface area contributed by atoms with Crippen LogP contribution in [0.5, 0.6) is 5.75 Å². The van der Waals surface area contributed by atoms with Gasteiger partial charge in [0.25, 0.3) is 5.91 Å². The molecule has 0 unspecified atom stereocenters. The second-order valence-electron chi connectivity index (χ2n) is 7.75. The first-order valence-corrected chi connectivity index (χ1v) is 10.9. The second-order valence-corrected chi connectivity index (χ2v) is 8.62. The number of carbonyl (C=O) groups is 2. The third-order valence-corrected chi connectivity index (χ3v) is 6.04. The Morgan fingerprint density at radius 3 is 2.55 bits per heavy atom. The van der Waals surface area contributed by atoms with Gasteiger partial charge in [-0.2, -0.15) is 0 Å². The maximum absolute atomic E-state index is 12.9. The summed E-state index contributed by atoms with van der Waals surface area (Å²) in [7, 11) is 1.69. The van der Waals surface area contributed by atoms with Gasteiger partial charge in [-0.25, -0.2) is 4.98 Å². The van der Waals surface area contributed by atoms with E-state index >= 15 is 0 Å². The molecule has 0 radical (unpaired) electrons. The Labute approximate surface area is 190 Å². The summed E-state index contributed by atoms with van der Waals surface area (Å²) in [5, 5.41) is 1.02. The molecule has 0 saturated carbocycles. The summed E-state index contributed by atoms with van der Waals surface area (Å²) in [6.45, 7) is 1.85. The van der Waals surface area contributed by atoms with Gasteiger partial charge in [0.05, 0.1) is 0 Å². The largest absolute Gasteiger partial charge is 0.480 e. The molecule has 1 fully saturated rings. The number of anilines is 1. The Balaban J connectivity index is 1.50. The average molecular weight is 464 g/mol. The van der Waals surface area contributed by atoms with Crippen LogP contribution in [0.3, 0.4) is 0 Å². The number of hydrogen-bond acceptors (Lipinski definition) is 5. The minimum Gasteiger partial charge on any atom is -0.480 e. The van der Waals surface area contributed by atoms with Gasteiger partial charge < -0.3 is 14.4 Å². The quantitative estimate of drug-likeness (QED) is 0.676. The van der Waals surface area contributed by atoms with Crippen molar-refractivity contribution in [2.75, 3.05) is 44.9 Å². The van der Waals surface area contributed by atoms with Crippen LogP contribution in [0.1, 0.15) is 12.8 Å². The third kappa shape index (κ3) is 4.95. The zero-order chi connectivity index (χ0) is 22.0. The fourth-order valence-electron chi connectivity index (χ4n) is 3.94. The average Bonchev–Trinajstić information content (AvgIpc) is 2.75. The lowest BCUT2D eigenvalue weighted by Gasteiger charge is -2.34. The van der Waals surface area contributed by atoms with Crippen molar-refractivity contribution < 1.29 is 19.1 Å². The summed E-state index contributed by atoms with van der Waals surface area (Å²) in [5.74, 6) is 0.876. The topological polar surface area (TPSA) is 72.0 Å². The molecule has 2 aromatic rings. The van der Waals surface area contributed by atoms with Crippen molar-refractivity contribution in [3.63, 3.8) is 0 Å². The van der Waals surface area contributed by atoms with E-state index in [0.717, 1.165) is 24.0 Å². The second kappa shape index (κ2) is 9.42. The Morgan fingerprint density at radius 2 is 1.87 bits per heavy atom. The molecule has 0 N–H and O–H groups in total. The van der Waals surface area contributed by atoms with E-state index in [1.165, 1.54) is 4.90 Å². The summed E-state index contributed by atoms with van der Waals surface area (Å²) < 4.78 is 10.8. The predicted octanol–water partition coefficient (Wildman–Crippen LogP) is 3.67. The van der Waals surface area contributed by atoms with E-state index < -0.39 is 0 Å². The molecule has 1 aromatic carbocycles. The van der Waals surface area contributed by atoms with E-state index in [1.54, 1.807) is 42.5 Å². The number of piperidine rings is 1. The molecular formula is C22H23Cl2N3O4. The number of ether oxygens (including phenoxy) is 2. The SMILES string of the molecule is COCC1CCN(C(=O)CN2C(=O)COc3cc(-c4cc(Cl)cc(Cl)c4)cnc32)CC1. The number of fused-ring (bicyclic) bond motifs is 1. The highest BCUT2D eigenvalue weighted by atomic mass is 35.5. The molecule has 0 spiro atoms. The molecule has 0 aliphatic carbocycles. The van der Waals surface area contributed by atoms with Gasteiger partial charge in [-0.05, 0) is 48.6 Å². The molecule has 1 aromatic heterocycles. The summed E-state index contributed by atoms with van der Waals surface area (Å²) >= 11 is 12.2. The number of aromatic nitrogens is 1. The fourth-order valence-corrected chi connectivity index (χ4v) is 4.47. The third-order valence-electron chi connectivity index (χ3n) is 5.60. The molecule has 4 rings (SSSR count). The van der Waals surface area contributed by atoms with Crippen LogP contribution < -0.4 is 9.64 Å². The van der Waals surface area contributed by atoms with Gasteiger partial charge >= 0.3 is 0 Å². The number of likely N-dealkylation sites (tertiary alicyclic amines) is 1. The van der Waals surface area contributed by atoms with Gasteiger partial charge in [0.15, 0.2) is 18.2 Å². The molecule has 2 aliphatic rings. The van der Waals surface area contributed by atoms with Crippen molar-refractivity contribution in [3.8, 4) is 16.9 Å². The number of amides is 2. The first-order valence-electron chi connectivity index (χ1n) is 10.1. The number of halogens is 2. The Hall–Kier alpha value is -2.35. The smallest absolute Gasteiger partial charge is 0.266 e. The molecule has 7 nitrogen and oxygen atoms in total. The fraction of sp³-hybridized carbons (Fsp3) is 0.409. The molecule has 9 heteroatoms. The normalized spacial score (nSPS) is 16.8. The zero-order valence-electron chi connectivity index (χ0n) is 17.1. The molecule has 1 saturated heterocycles. The van der Waals surface area contributed by atoms with Gasteiger partial charge in [-0.3, -0.25) is 14.5 Å². The molecule has 164 valence electrons. The van der Waals surface area contributed by atoms with Crippen LogP contribution in [0.25, 0.3) is 11.1 Å². The van der Waals surface area contributed by atoms with E-state index in [1.807, 2.05) is 0 Å². The lowest BCUT2D eigenvalue weighted by Crippen LogP contribution is -2.48. The number of methoxy groups -OCH3 is 1. The summed E-state index contributed by atoms with van der Waals surface area (Å²) in [6.07, 6.45) is 3.42. The molecule has 3 heterocycles. The van der Waals surface area contributed by atoms with Crippen LogP contribution >= 0.6 is 23.2 Å². The van der Waals surface area contributed by atoms with Crippen molar-refractivity contribution in [1.82, 2.24) is 9.88 Å². The predicted molar refractivity (Wildman–Crippen MR) is 119 cm³/mol. The molecule has 0 bridgehead atoms. The van der Waals surface area contributed by atoms with Crippen molar-refractivity contribution in [2.45, 2.75) is 12.8 Å². The maximum Gasteiger partial charge on any atom is 0.266 e. The summed E-state index contributed by atoms with van der Waals surface area (Å²) in [5.41, 5.74) is 1.54. The van der Waals surface area contributed by atoms with E-state index in [0.29, 0.717) is 47.2 Å². The standard InChI is InChI=1S/C22H23Cl2N3O4/c1-30-12-14-2-4-26(5-3-14)20(28)11-27-21(29)13-31-19-8-16(10-25-22(19)27)15-6-17(23)9-18(24)7-15/h6-10,14H,2-5,11-13H2,1H3. The van der Waals surface area contributed by atoms with E-state index in [9.17, 15) is 9.59 Å². The maximum atomic E-state index is 12.9. The molecule has 0 atom stereocenters. The Morgan fingerprint density at radius 1 is 1.16 bits per heavy atom. The van der Waals surface area contributed by atoms with Crippen LogP contribution in [-0.2, 0) is 14.3 Å². The van der Waals surface area contributed by atoms with Gasteiger partial charge in [0.1, 0.15) is 6.54 Å². The highest BCUT2D eigenvalue weighted by Crippen LogP contribution is 2.35. The van der Waals surface area contributed by atoms with Crippen molar-refractivity contribution in [3.05, 3.63) is 40.5 Å². The highest BCUT2D eigenvalue weighted by Gasteiger charge is 2.31. The number of benzene rings is 1. The first-order chi connectivity index (χ1) is 14.9. The number of nitrogens with zero attached hydrogens (tertiary/aromatic N) is 3. The van der Waals surface area contributed by atoms with Gasteiger partial charge in [-0.1, -0.05) is 23.2 Å². The van der Waals surface area contributed by atoms with Crippen LogP contribution in [-0.4, -0.2) is 61.7 Å². The molecule has 2 amide bonds. The van der Waals surface area contributed by atoms with Gasteiger partial charge in [0, 0.05) is 48.6 Å². The van der Waals surface area contributed by atoms with E-state index in [4.69, 9.17) is 32.7 Å². The highest BCUT2D eigenvalue weighted by molar-refractivity contribution is 6.35. The number of carbonyl (C=O) groups excluding carboxylic acids is 2. The lowest BCUT2D eigenvalue weighted by molar-refractivity contribution is -0.133. The summed E-state index contributed by atoms with van der Waals surface area (Å²) in [6, 6.07) is 6.99. The first kappa shape index (κ1) is 21.9. The van der Waals surface area contributed by atoms with Gasteiger partial charge in [0.2, 0.25) is 5.91 Å².